The minimum atomic E-state index is -0.960. The van der Waals surface area contributed by atoms with Crippen LogP contribution in [0.15, 0.2) is 40.9 Å². The minimum Gasteiger partial charge on any atom is -0.496 e. The van der Waals surface area contributed by atoms with Crippen LogP contribution in [0.2, 0.25) is 0 Å². The predicted octanol–water partition coefficient (Wildman–Crippen LogP) is 4.04. The molecule has 0 radical (unpaired) electrons. The van der Waals surface area contributed by atoms with E-state index in [0.29, 0.717) is 17.9 Å². The summed E-state index contributed by atoms with van der Waals surface area (Å²) >= 11 is 3.41. The topological polar surface area (TPSA) is 55.8 Å². The molecule has 0 bridgehead atoms. The van der Waals surface area contributed by atoms with Crippen LogP contribution in [0.4, 0.5) is 0 Å². The number of carbonyl (C=O) groups is 1. The van der Waals surface area contributed by atoms with Crippen LogP contribution in [0.1, 0.15) is 21.5 Å². The summed E-state index contributed by atoms with van der Waals surface area (Å²) in [6, 6.07) is 10.6. The fourth-order valence-electron chi connectivity index (χ4n) is 2.02. The lowest BCUT2D eigenvalue weighted by Crippen LogP contribution is -2.04. The Bertz CT molecular complexity index is 667. The van der Waals surface area contributed by atoms with E-state index in [1.54, 1.807) is 32.2 Å². The van der Waals surface area contributed by atoms with Gasteiger partial charge in [0.25, 0.3) is 0 Å². The van der Waals surface area contributed by atoms with Gasteiger partial charge in [-0.05, 0) is 37.3 Å². The smallest absolute Gasteiger partial charge is 0.336 e. The highest BCUT2D eigenvalue weighted by Crippen LogP contribution is 2.27. The van der Waals surface area contributed by atoms with Crippen LogP contribution in [-0.2, 0) is 6.61 Å². The summed E-state index contributed by atoms with van der Waals surface area (Å²) in [4.78, 5) is 11.1. The fourth-order valence-corrected chi connectivity index (χ4v) is 2.43. The normalized spacial score (nSPS) is 10.2. The van der Waals surface area contributed by atoms with Gasteiger partial charge in [-0.15, -0.1) is 0 Å². The highest BCUT2D eigenvalue weighted by molar-refractivity contribution is 9.10. The molecule has 21 heavy (non-hydrogen) atoms. The Morgan fingerprint density at radius 3 is 2.67 bits per heavy atom. The van der Waals surface area contributed by atoms with Gasteiger partial charge in [0, 0.05) is 15.6 Å². The molecule has 2 rings (SSSR count). The van der Waals surface area contributed by atoms with E-state index in [9.17, 15) is 4.79 Å². The highest BCUT2D eigenvalue weighted by Gasteiger charge is 2.12. The summed E-state index contributed by atoms with van der Waals surface area (Å²) in [5.41, 5.74) is 1.74. The molecule has 2 aromatic carbocycles. The zero-order chi connectivity index (χ0) is 15.4. The summed E-state index contributed by atoms with van der Waals surface area (Å²) in [6.45, 7) is 2.03. The quantitative estimate of drug-likeness (QED) is 0.883. The van der Waals surface area contributed by atoms with E-state index < -0.39 is 5.97 Å². The second kappa shape index (κ2) is 6.63. The maximum Gasteiger partial charge on any atom is 0.336 e. The van der Waals surface area contributed by atoms with Gasteiger partial charge in [0.15, 0.2) is 0 Å². The molecule has 0 aliphatic rings. The minimum absolute atomic E-state index is 0.244. The van der Waals surface area contributed by atoms with E-state index in [2.05, 4.69) is 15.9 Å². The van der Waals surface area contributed by atoms with Crippen LogP contribution in [0, 0.1) is 6.92 Å². The average molecular weight is 351 g/mol. The predicted molar refractivity (Wildman–Crippen MR) is 83.2 cm³/mol. The van der Waals surface area contributed by atoms with Crippen molar-refractivity contribution in [3.05, 3.63) is 57.6 Å². The van der Waals surface area contributed by atoms with E-state index in [1.165, 1.54) is 0 Å². The van der Waals surface area contributed by atoms with Gasteiger partial charge >= 0.3 is 5.97 Å². The van der Waals surface area contributed by atoms with Crippen molar-refractivity contribution >= 4 is 21.9 Å². The van der Waals surface area contributed by atoms with Crippen molar-refractivity contribution < 1.29 is 19.4 Å². The number of methoxy groups -OCH3 is 1. The molecule has 0 atom stereocenters. The van der Waals surface area contributed by atoms with E-state index in [1.807, 2.05) is 18.2 Å². The number of halogens is 1. The molecular weight excluding hydrogens is 336 g/mol. The van der Waals surface area contributed by atoms with Crippen molar-refractivity contribution in [3.63, 3.8) is 0 Å². The van der Waals surface area contributed by atoms with Crippen LogP contribution in [-0.4, -0.2) is 18.2 Å². The molecule has 110 valence electrons. The molecule has 0 amide bonds. The molecule has 4 nitrogen and oxygen atoms in total. The van der Waals surface area contributed by atoms with Crippen LogP contribution >= 0.6 is 15.9 Å². The molecule has 2 aromatic rings. The zero-order valence-electron chi connectivity index (χ0n) is 11.7. The number of carboxylic acids is 1. The molecule has 0 spiro atoms. The summed E-state index contributed by atoms with van der Waals surface area (Å²) in [5, 5.41) is 9.11. The van der Waals surface area contributed by atoms with Crippen molar-refractivity contribution in [2.24, 2.45) is 0 Å². The molecule has 0 aliphatic carbocycles. The standard InChI is InChI=1S/C16H15BrO4/c1-10-13(16(18)19)4-3-5-14(10)21-9-11-8-12(17)6-7-15(11)20-2/h3-8H,9H2,1-2H3,(H,18,19). The van der Waals surface area contributed by atoms with Gasteiger partial charge in [-0.1, -0.05) is 22.0 Å². The molecule has 0 saturated carbocycles. The van der Waals surface area contributed by atoms with Crippen molar-refractivity contribution in [2.75, 3.05) is 7.11 Å². The Morgan fingerprint density at radius 2 is 2.00 bits per heavy atom. The summed E-state index contributed by atoms with van der Waals surface area (Å²) < 4.78 is 12.0. The second-order valence-electron chi connectivity index (χ2n) is 4.48. The van der Waals surface area contributed by atoms with Crippen molar-refractivity contribution in [1.29, 1.82) is 0 Å². The number of benzene rings is 2. The van der Waals surface area contributed by atoms with Crippen LogP contribution < -0.4 is 9.47 Å². The summed E-state index contributed by atoms with van der Waals surface area (Å²) in [6.07, 6.45) is 0. The highest BCUT2D eigenvalue weighted by atomic mass is 79.9. The Hall–Kier alpha value is -2.01. The first kappa shape index (κ1) is 15.4. The lowest BCUT2D eigenvalue weighted by molar-refractivity contribution is 0.0695. The monoisotopic (exact) mass is 350 g/mol. The Balaban J connectivity index is 2.23. The first-order chi connectivity index (χ1) is 10.0. The lowest BCUT2D eigenvalue weighted by Gasteiger charge is -2.13. The molecule has 0 aromatic heterocycles. The van der Waals surface area contributed by atoms with Gasteiger partial charge in [-0.25, -0.2) is 4.79 Å². The van der Waals surface area contributed by atoms with E-state index in [4.69, 9.17) is 14.6 Å². The SMILES string of the molecule is COc1ccc(Br)cc1COc1cccc(C(=O)O)c1C. The number of rotatable bonds is 5. The Labute approximate surface area is 131 Å². The fraction of sp³-hybridized carbons (Fsp3) is 0.188. The molecular formula is C16H15BrO4. The summed E-state index contributed by atoms with van der Waals surface area (Å²) in [5.74, 6) is 0.320. The van der Waals surface area contributed by atoms with Gasteiger partial charge in [-0.2, -0.15) is 0 Å². The van der Waals surface area contributed by atoms with Gasteiger partial charge in [0.1, 0.15) is 18.1 Å². The number of aromatic carboxylic acids is 1. The number of carboxylic acid groups (broad SMARTS) is 1. The van der Waals surface area contributed by atoms with Crippen molar-refractivity contribution in [2.45, 2.75) is 13.5 Å². The third-order valence-electron chi connectivity index (χ3n) is 3.14. The molecule has 0 fully saturated rings. The maximum absolute atomic E-state index is 11.1. The van der Waals surface area contributed by atoms with Crippen LogP contribution in [0.25, 0.3) is 0 Å². The van der Waals surface area contributed by atoms with Gasteiger partial charge < -0.3 is 14.6 Å². The molecule has 5 heteroatoms. The first-order valence-electron chi connectivity index (χ1n) is 6.31. The first-order valence-corrected chi connectivity index (χ1v) is 7.10. The molecule has 0 heterocycles. The van der Waals surface area contributed by atoms with E-state index in [-0.39, 0.29) is 5.56 Å². The van der Waals surface area contributed by atoms with Crippen molar-refractivity contribution in [3.8, 4) is 11.5 Å². The Morgan fingerprint density at radius 1 is 1.24 bits per heavy atom. The maximum atomic E-state index is 11.1. The van der Waals surface area contributed by atoms with Crippen molar-refractivity contribution in [1.82, 2.24) is 0 Å². The average Bonchev–Trinajstić information content (AvgIpc) is 2.46. The molecule has 0 aliphatic heterocycles. The lowest BCUT2D eigenvalue weighted by atomic mass is 10.1. The number of hydrogen-bond acceptors (Lipinski definition) is 3. The van der Waals surface area contributed by atoms with E-state index >= 15 is 0 Å². The largest absolute Gasteiger partial charge is 0.496 e. The second-order valence-corrected chi connectivity index (χ2v) is 5.39. The van der Waals surface area contributed by atoms with E-state index in [0.717, 1.165) is 15.8 Å². The molecule has 0 saturated heterocycles. The Kier molecular flexibility index (Phi) is 4.85. The van der Waals surface area contributed by atoms with Gasteiger partial charge in [0.05, 0.1) is 12.7 Å². The zero-order valence-corrected chi connectivity index (χ0v) is 13.3. The molecule has 1 N–H and O–H groups in total. The van der Waals surface area contributed by atoms with Crippen LogP contribution in [0.5, 0.6) is 11.5 Å². The van der Waals surface area contributed by atoms with Gasteiger partial charge in [0.2, 0.25) is 0 Å². The number of ether oxygens (including phenoxy) is 2. The third kappa shape index (κ3) is 3.55. The third-order valence-corrected chi connectivity index (χ3v) is 3.63. The van der Waals surface area contributed by atoms with Gasteiger partial charge in [-0.3, -0.25) is 0 Å². The number of hydrogen-bond donors (Lipinski definition) is 1. The van der Waals surface area contributed by atoms with Crippen LogP contribution in [0.3, 0.4) is 0 Å². The molecule has 0 unspecified atom stereocenters. The summed E-state index contributed by atoms with van der Waals surface area (Å²) in [7, 11) is 1.60.